The van der Waals surface area contributed by atoms with Crippen LogP contribution in [0.2, 0.25) is 5.02 Å². The number of hydrogen-bond acceptors (Lipinski definition) is 4. The molecule has 0 aliphatic carbocycles. The van der Waals surface area contributed by atoms with Crippen molar-refractivity contribution < 1.29 is 23.9 Å². The Morgan fingerprint density at radius 1 is 1.24 bits per heavy atom. The number of anilines is 1. The summed E-state index contributed by atoms with van der Waals surface area (Å²) in [7, 11) is 3.30. The normalized spacial score (nSPS) is 18.1. The van der Waals surface area contributed by atoms with Crippen molar-refractivity contribution in [1.82, 2.24) is 15.2 Å². The highest BCUT2D eigenvalue weighted by Gasteiger charge is 2.51. The van der Waals surface area contributed by atoms with Gasteiger partial charge in [-0.25, -0.2) is 4.39 Å². The van der Waals surface area contributed by atoms with E-state index in [0.717, 1.165) is 11.6 Å². The van der Waals surface area contributed by atoms with Crippen LogP contribution in [0.15, 0.2) is 42.5 Å². The summed E-state index contributed by atoms with van der Waals surface area (Å²) >= 11 is 5.82. The average molecular weight is 473 g/mol. The molecule has 2 heterocycles. The molecule has 0 spiro atoms. The molecule has 0 bridgehead atoms. The van der Waals surface area contributed by atoms with Crippen molar-refractivity contribution >= 4 is 45.9 Å². The Bertz CT molecular complexity index is 1250. The van der Waals surface area contributed by atoms with E-state index in [1.165, 1.54) is 21.9 Å². The number of rotatable bonds is 5. The van der Waals surface area contributed by atoms with E-state index in [0.29, 0.717) is 22.3 Å². The van der Waals surface area contributed by atoms with Crippen molar-refractivity contribution in [3.63, 3.8) is 0 Å². The van der Waals surface area contributed by atoms with Crippen LogP contribution in [0.5, 0.6) is 0 Å². The number of fused-ring (bicyclic) bond motifs is 1. The number of benzene rings is 2. The van der Waals surface area contributed by atoms with Crippen LogP contribution in [0.1, 0.15) is 22.5 Å². The number of carbonyl (C=O) groups is 3. The third-order valence-corrected chi connectivity index (χ3v) is 5.82. The van der Waals surface area contributed by atoms with Crippen molar-refractivity contribution in [3.8, 4) is 0 Å². The number of nitrogens with zero attached hydrogens (tertiary/aromatic N) is 2. The number of hydrogen-bond donors (Lipinski definition) is 3. The van der Waals surface area contributed by atoms with Crippen molar-refractivity contribution in [2.24, 2.45) is 0 Å². The van der Waals surface area contributed by atoms with Gasteiger partial charge in [-0.1, -0.05) is 11.6 Å². The fourth-order valence-electron chi connectivity index (χ4n) is 3.85. The standard InChI is InChI=1S/C23H22ClFN4O4/c1-28(2)20(30)19-10-14-9-17(3-4-18(14)27-19)29-6-5-23(33,22(29)32)21(31)26-12-13-7-15(24)11-16(25)8-13/h3-4,7-11,27,33H,5-6,12H2,1-2H3,(H,26,31)/t23-/m1/s1. The Hall–Kier alpha value is -3.43. The minimum atomic E-state index is -2.24. The van der Waals surface area contributed by atoms with Gasteiger partial charge in [-0.15, -0.1) is 0 Å². The minimum Gasteiger partial charge on any atom is -0.372 e. The van der Waals surface area contributed by atoms with Crippen LogP contribution in [-0.4, -0.2) is 59.0 Å². The summed E-state index contributed by atoms with van der Waals surface area (Å²) in [5.41, 5.74) is -0.210. The lowest BCUT2D eigenvalue weighted by atomic mass is 10.0. The minimum absolute atomic E-state index is 0.0934. The summed E-state index contributed by atoms with van der Waals surface area (Å²) < 4.78 is 13.5. The Balaban J connectivity index is 1.50. The van der Waals surface area contributed by atoms with Crippen LogP contribution in [-0.2, 0) is 16.1 Å². The monoisotopic (exact) mass is 472 g/mol. The van der Waals surface area contributed by atoms with E-state index >= 15 is 0 Å². The molecule has 3 aromatic rings. The molecule has 3 N–H and O–H groups in total. The second-order valence-corrected chi connectivity index (χ2v) is 8.62. The van der Waals surface area contributed by atoms with Crippen LogP contribution in [0, 0.1) is 5.82 Å². The van der Waals surface area contributed by atoms with Gasteiger partial charge in [-0.2, -0.15) is 0 Å². The molecule has 0 radical (unpaired) electrons. The van der Waals surface area contributed by atoms with E-state index in [1.54, 1.807) is 38.4 Å². The summed E-state index contributed by atoms with van der Waals surface area (Å²) in [5.74, 6) is -2.35. The molecule has 1 aromatic heterocycles. The molecule has 172 valence electrons. The Kier molecular flexibility index (Phi) is 5.85. The third kappa shape index (κ3) is 4.29. The van der Waals surface area contributed by atoms with E-state index in [2.05, 4.69) is 10.3 Å². The molecule has 1 saturated heterocycles. The topological polar surface area (TPSA) is 106 Å². The van der Waals surface area contributed by atoms with Crippen molar-refractivity contribution in [1.29, 1.82) is 0 Å². The van der Waals surface area contributed by atoms with Gasteiger partial charge in [0.05, 0.1) is 0 Å². The molecule has 1 atom stereocenters. The Labute approximate surface area is 193 Å². The van der Waals surface area contributed by atoms with Gasteiger partial charge >= 0.3 is 0 Å². The molecule has 1 aliphatic heterocycles. The molecular formula is C23H22ClFN4O4. The zero-order chi connectivity index (χ0) is 23.9. The molecule has 0 unspecified atom stereocenters. The van der Waals surface area contributed by atoms with Gasteiger partial charge in [0.15, 0.2) is 0 Å². The number of aliphatic hydroxyl groups is 1. The van der Waals surface area contributed by atoms with E-state index in [4.69, 9.17) is 11.6 Å². The first-order valence-electron chi connectivity index (χ1n) is 10.2. The van der Waals surface area contributed by atoms with Crippen molar-refractivity contribution in [3.05, 3.63) is 64.6 Å². The number of aromatic nitrogens is 1. The largest absolute Gasteiger partial charge is 0.372 e. The number of aromatic amines is 1. The van der Waals surface area contributed by atoms with Gasteiger partial charge in [-0.3, -0.25) is 14.4 Å². The highest BCUT2D eigenvalue weighted by atomic mass is 35.5. The van der Waals surface area contributed by atoms with Crippen molar-refractivity contribution in [2.45, 2.75) is 18.6 Å². The molecule has 8 nitrogen and oxygen atoms in total. The first-order chi connectivity index (χ1) is 15.6. The zero-order valence-electron chi connectivity index (χ0n) is 18.0. The molecule has 1 aliphatic rings. The lowest BCUT2D eigenvalue weighted by molar-refractivity contribution is -0.149. The lowest BCUT2D eigenvalue weighted by Gasteiger charge is -2.22. The maximum atomic E-state index is 13.5. The maximum absolute atomic E-state index is 13.5. The third-order valence-electron chi connectivity index (χ3n) is 5.60. The smallest absolute Gasteiger partial charge is 0.269 e. The van der Waals surface area contributed by atoms with Gasteiger partial charge < -0.3 is 25.2 Å². The van der Waals surface area contributed by atoms with Crippen LogP contribution in [0.25, 0.3) is 10.9 Å². The fraction of sp³-hybridized carbons (Fsp3) is 0.261. The summed E-state index contributed by atoms with van der Waals surface area (Å²) in [5, 5.41) is 14.2. The van der Waals surface area contributed by atoms with Crippen molar-refractivity contribution in [2.75, 3.05) is 25.5 Å². The molecule has 1 fully saturated rings. The number of halogens is 2. The predicted octanol–water partition coefficient (Wildman–Crippen LogP) is 2.45. The second kappa shape index (κ2) is 8.49. The lowest BCUT2D eigenvalue weighted by Crippen LogP contribution is -2.52. The van der Waals surface area contributed by atoms with E-state index in [9.17, 15) is 23.9 Å². The molecule has 3 amide bonds. The Morgan fingerprint density at radius 2 is 2.00 bits per heavy atom. The molecule has 10 heteroatoms. The van der Waals surface area contributed by atoms with Gasteiger partial charge in [-0.05, 0) is 48.0 Å². The summed E-state index contributed by atoms with van der Waals surface area (Å²) in [4.78, 5) is 43.7. The SMILES string of the molecule is CN(C)C(=O)c1cc2cc(N3CC[C@@](O)(C(=O)NCc4cc(F)cc(Cl)c4)C3=O)ccc2[nH]1. The van der Waals surface area contributed by atoms with Gasteiger partial charge in [0.2, 0.25) is 5.60 Å². The number of H-pyrrole nitrogens is 1. The van der Waals surface area contributed by atoms with Gasteiger partial charge in [0.25, 0.3) is 17.7 Å². The number of amides is 3. The van der Waals surface area contributed by atoms with E-state index in [-0.39, 0.29) is 30.4 Å². The highest BCUT2D eigenvalue weighted by molar-refractivity contribution is 6.30. The predicted molar refractivity (Wildman–Crippen MR) is 121 cm³/mol. The first-order valence-corrected chi connectivity index (χ1v) is 10.6. The molecule has 33 heavy (non-hydrogen) atoms. The van der Waals surface area contributed by atoms with Gasteiger partial charge in [0, 0.05) is 55.2 Å². The quantitative estimate of drug-likeness (QED) is 0.496. The summed E-state index contributed by atoms with van der Waals surface area (Å²) in [6.45, 7) is 0.0395. The summed E-state index contributed by atoms with van der Waals surface area (Å²) in [6, 6.07) is 10.6. The number of carbonyl (C=O) groups excluding carboxylic acids is 3. The summed E-state index contributed by atoms with van der Waals surface area (Å²) in [6.07, 6.45) is -0.100. The Morgan fingerprint density at radius 3 is 2.70 bits per heavy atom. The second-order valence-electron chi connectivity index (χ2n) is 8.18. The zero-order valence-corrected chi connectivity index (χ0v) is 18.7. The highest BCUT2D eigenvalue weighted by Crippen LogP contribution is 2.31. The van der Waals surface area contributed by atoms with E-state index in [1.807, 2.05) is 0 Å². The fourth-order valence-corrected chi connectivity index (χ4v) is 4.09. The molecule has 4 rings (SSSR count). The average Bonchev–Trinajstić information content (AvgIpc) is 3.32. The van der Waals surface area contributed by atoms with Gasteiger partial charge in [0.1, 0.15) is 11.5 Å². The number of nitrogens with one attached hydrogen (secondary N) is 2. The van der Waals surface area contributed by atoms with Crippen LogP contribution >= 0.6 is 11.6 Å². The first kappa shape index (κ1) is 22.8. The van der Waals surface area contributed by atoms with Crippen LogP contribution in [0.3, 0.4) is 0 Å². The molecule has 2 aromatic carbocycles. The maximum Gasteiger partial charge on any atom is 0.269 e. The molecule has 0 saturated carbocycles. The van der Waals surface area contributed by atoms with E-state index < -0.39 is 23.2 Å². The molecular weight excluding hydrogens is 451 g/mol. The van der Waals surface area contributed by atoms with Crippen LogP contribution < -0.4 is 10.2 Å². The van der Waals surface area contributed by atoms with Crippen LogP contribution in [0.4, 0.5) is 10.1 Å².